The van der Waals surface area contributed by atoms with Crippen molar-refractivity contribution < 1.29 is 0 Å². The lowest BCUT2D eigenvalue weighted by Crippen LogP contribution is -2.48. The summed E-state index contributed by atoms with van der Waals surface area (Å²) in [6, 6.07) is 3.27. The van der Waals surface area contributed by atoms with E-state index in [-0.39, 0.29) is 5.54 Å². The van der Waals surface area contributed by atoms with Gasteiger partial charge < -0.3 is 4.90 Å². The van der Waals surface area contributed by atoms with Gasteiger partial charge in [0.25, 0.3) is 0 Å². The minimum Gasteiger partial charge on any atom is -0.306 e. The molecule has 0 spiro atoms. The minimum absolute atomic E-state index is 0.208. The Morgan fingerprint density at radius 2 is 2.11 bits per heavy atom. The summed E-state index contributed by atoms with van der Waals surface area (Å²) in [5, 5.41) is 13.3. The van der Waals surface area contributed by atoms with Gasteiger partial charge >= 0.3 is 0 Å². The standard InChI is InChI=1S/C16H29N3/c1-13(2)11-19(3)10-8-14-5-4-9-16(14,12-17)18-15-6-7-15/h13-15,18H,4-11H2,1-3H3. The van der Waals surface area contributed by atoms with Crippen molar-refractivity contribution in [2.75, 3.05) is 20.1 Å². The van der Waals surface area contributed by atoms with E-state index in [9.17, 15) is 5.26 Å². The molecule has 0 saturated heterocycles. The fourth-order valence-electron chi connectivity index (χ4n) is 3.52. The van der Waals surface area contributed by atoms with Gasteiger partial charge in [-0.15, -0.1) is 0 Å². The Morgan fingerprint density at radius 3 is 2.68 bits per heavy atom. The van der Waals surface area contributed by atoms with Crippen LogP contribution in [0.4, 0.5) is 0 Å². The van der Waals surface area contributed by atoms with Crippen LogP contribution in [0.15, 0.2) is 0 Å². The third-order valence-electron chi connectivity index (χ3n) is 4.60. The molecule has 2 fully saturated rings. The van der Waals surface area contributed by atoms with E-state index < -0.39 is 0 Å². The van der Waals surface area contributed by atoms with Crippen molar-refractivity contribution in [3.63, 3.8) is 0 Å². The van der Waals surface area contributed by atoms with Crippen molar-refractivity contribution in [2.45, 2.75) is 64.0 Å². The lowest BCUT2D eigenvalue weighted by molar-refractivity contribution is 0.234. The normalized spacial score (nSPS) is 31.1. The molecule has 2 rings (SSSR count). The first kappa shape index (κ1) is 14.8. The van der Waals surface area contributed by atoms with Crippen molar-refractivity contribution in [1.82, 2.24) is 10.2 Å². The zero-order valence-electron chi connectivity index (χ0n) is 12.8. The molecule has 0 aliphatic heterocycles. The second-order valence-corrected chi connectivity index (χ2v) is 7.04. The van der Waals surface area contributed by atoms with Crippen LogP contribution in [0.3, 0.4) is 0 Å². The van der Waals surface area contributed by atoms with Crippen LogP contribution in [0.2, 0.25) is 0 Å². The maximum atomic E-state index is 9.65. The van der Waals surface area contributed by atoms with Crippen LogP contribution in [0.25, 0.3) is 0 Å². The highest BCUT2D eigenvalue weighted by Crippen LogP contribution is 2.40. The molecule has 0 aromatic carbocycles. The lowest BCUT2D eigenvalue weighted by Gasteiger charge is -2.31. The van der Waals surface area contributed by atoms with Crippen LogP contribution in [-0.2, 0) is 0 Å². The Bertz CT molecular complexity index is 329. The first-order chi connectivity index (χ1) is 9.05. The zero-order chi connectivity index (χ0) is 13.9. The molecule has 2 saturated carbocycles. The van der Waals surface area contributed by atoms with Gasteiger partial charge in [-0.25, -0.2) is 0 Å². The molecular weight excluding hydrogens is 234 g/mol. The summed E-state index contributed by atoms with van der Waals surface area (Å²) >= 11 is 0. The molecule has 0 aromatic heterocycles. The van der Waals surface area contributed by atoms with Gasteiger partial charge in [-0.1, -0.05) is 20.3 Å². The molecule has 0 bridgehead atoms. The largest absolute Gasteiger partial charge is 0.306 e. The average Bonchev–Trinajstić information content (AvgIpc) is 3.05. The highest BCUT2D eigenvalue weighted by molar-refractivity contribution is 5.16. The Kier molecular flexibility index (Phi) is 4.86. The van der Waals surface area contributed by atoms with E-state index in [1.807, 2.05) is 0 Å². The van der Waals surface area contributed by atoms with Crippen LogP contribution < -0.4 is 5.32 Å². The van der Waals surface area contributed by atoms with E-state index in [1.165, 1.54) is 25.7 Å². The predicted molar refractivity (Wildman–Crippen MR) is 78.8 cm³/mol. The van der Waals surface area contributed by atoms with Crippen molar-refractivity contribution in [2.24, 2.45) is 11.8 Å². The summed E-state index contributed by atoms with van der Waals surface area (Å²) < 4.78 is 0. The van der Waals surface area contributed by atoms with E-state index in [1.54, 1.807) is 0 Å². The summed E-state index contributed by atoms with van der Waals surface area (Å²) in [5.41, 5.74) is -0.208. The van der Waals surface area contributed by atoms with Crippen LogP contribution in [0, 0.1) is 23.2 Å². The summed E-state index contributed by atoms with van der Waals surface area (Å²) in [5.74, 6) is 1.27. The maximum Gasteiger partial charge on any atom is 0.109 e. The minimum atomic E-state index is -0.208. The third kappa shape index (κ3) is 3.94. The summed E-state index contributed by atoms with van der Waals surface area (Å²) in [6.07, 6.45) is 7.19. The highest BCUT2D eigenvalue weighted by atomic mass is 15.1. The number of rotatable bonds is 7. The number of nitriles is 1. The molecule has 3 heteroatoms. The van der Waals surface area contributed by atoms with Crippen molar-refractivity contribution in [3.8, 4) is 6.07 Å². The molecule has 2 aliphatic rings. The first-order valence-corrected chi connectivity index (χ1v) is 7.93. The second kappa shape index (κ2) is 6.24. The van der Waals surface area contributed by atoms with E-state index in [0.29, 0.717) is 12.0 Å². The van der Waals surface area contributed by atoms with Crippen LogP contribution in [0.5, 0.6) is 0 Å². The Labute approximate surface area is 118 Å². The summed E-state index contributed by atoms with van der Waals surface area (Å²) in [4.78, 5) is 2.42. The fraction of sp³-hybridized carbons (Fsp3) is 0.938. The van der Waals surface area contributed by atoms with Gasteiger partial charge in [-0.3, -0.25) is 5.32 Å². The van der Waals surface area contributed by atoms with Crippen LogP contribution in [0.1, 0.15) is 52.4 Å². The zero-order valence-corrected chi connectivity index (χ0v) is 12.8. The topological polar surface area (TPSA) is 39.1 Å². The maximum absolute atomic E-state index is 9.65. The average molecular weight is 263 g/mol. The number of nitrogens with zero attached hydrogens (tertiary/aromatic N) is 2. The Balaban J connectivity index is 1.85. The molecule has 2 unspecified atom stereocenters. The van der Waals surface area contributed by atoms with Crippen molar-refractivity contribution in [3.05, 3.63) is 0 Å². The molecular formula is C16H29N3. The SMILES string of the molecule is CC(C)CN(C)CCC1CCCC1(C#N)NC1CC1. The number of nitrogens with one attached hydrogen (secondary N) is 1. The van der Waals surface area contributed by atoms with Gasteiger partial charge in [0, 0.05) is 12.6 Å². The van der Waals surface area contributed by atoms with E-state index in [2.05, 4.69) is 37.2 Å². The van der Waals surface area contributed by atoms with Crippen LogP contribution >= 0.6 is 0 Å². The summed E-state index contributed by atoms with van der Waals surface area (Å²) in [7, 11) is 2.21. The van der Waals surface area contributed by atoms with Gasteiger partial charge in [0.2, 0.25) is 0 Å². The van der Waals surface area contributed by atoms with Gasteiger partial charge in [-0.2, -0.15) is 5.26 Å². The van der Waals surface area contributed by atoms with Gasteiger partial charge in [-0.05, 0) is 57.5 Å². The highest BCUT2D eigenvalue weighted by Gasteiger charge is 2.45. The van der Waals surface area contributed by atoms with Crippen molar-refractivity contribution in [1.29, 1.82) is 5.26 Å². The fourth-order valence-corrected chi connectivity index (χ4v) is 3.52. The van der Waals surface area contributed by atoms with Gasteiger partial charge in [0.1, 0.15) is 5.54 Å². The van der Waals surface area contributed by atoms with E-state index in [0.717, 1.165) is 31.8 Å². The monoisotopic (exact) mass is 263 g/mol. The molecule has 0 aromatic rings. The first-order valence-electron chi connectivity index (χ1n) is 7.93. The molecule has 0 heterocycles. The summed E-state index contributed by atoms with van der Waals surface area (Å²) in [6.45, 7) is 6.81. The van der Waals surface area contributed by atoms with Gasteiger partial charge in [0.15, 0.2) is 0 Å². The molecule has 108 valence electrons. The molecule has 2 aliphatic carbocycles. The van der Waals surface area contributed by atoms with Gasteiger partial charge in [0.05, 0.1) is 6.07 Å². The van der Waals surface area contributed by atoms with Crippen molar-refractivity contribution >= 4 is 0 Å². The Hall–Kier alpha value is -0.590. The molecule has 1 N–H and O–H groups in total. The van der Waals surface area contributed by atoms with E-state index in [4.69, 9.17) is 0 Å². The Morgan fingerprint density at radius 1 is 1.37 bits per heavy atom. The molecule has 19 heavy (non-hydrogen) atoms. The quantitative estimate of drug-likeness (QED) is 0.767. The molecule has 0 radical (unpaired) electrons. The smallest absolute Gasteiger partial charge is 0.109 e. The van der Waals surface area contributed by atoms with E-state index >= 15 is 0 Å². The third-order valence-corrected chi connectivity index (χ3v) is 4.60. The number of hydrogen-bond acceptors (Lipinski definition) is 3. The second-order valence-electron chi connectivity index (χ2n) is 7.04. The number of hydrogen-bond donors (Lipinski definition) is 1. The molecule has 0 amide bonds. The lowest BCUT2D eigenvalue weighted by atomic mass is 9.85. The molecule has 2 atom stereocenters. The predicted octanol–water partition coefficient (Wildman–Crippen LogP) is 2.78. The van der Waals surface area contributed by atoms with Crippen LogP contribution in [-0.4, -0.2) is 36.6 Å². The molecule has 3 nitrogen and oxygen atoms in total.